The van der Waals surface area contributed by atoms with Crippen molar-refractivity contribution in [3.05, 3.63) is 117 Å². The fraction of sp³-hybridized carbons (Fsp3) is 0.263. The van der Waals surface area contributed by atoms with Crippen molar-refractivity contribution in [2.45, 2.75) is 101 Å². The largest absolute Gasteiger partial charge is 0.491 e. The van der Waals surface area contributed by atoms with Crippen molar-refractivity contribution in [3.63, 3.8) is 0 Å². The minimum atomic E-state index is 0. The molecule has 1 radical (unpaired) electrons. The third kappa shape index (κ3) is 11.0. The number of nitrogens with zero attached hydrogens (tertiary/aromatic N) is 8. The van der Waals surface area contributed by atoms with Crippen LogP contribution in [0.15, 0.2) is 121 Å². The molecule has 0 saturated carbocycles. The van der Waals surface area contributed by atoms with Gasteiger partial charge in [-0.15, -0.1) is 27.7 Å². The van der Waals surface area contributed by atoms with E-state index in [1.165, 1.54) is 0 Å². The maximum atomic E-state index is 7.98. The van der Waals surface area contributed by atoms with E-state index in [1.54, 1.807) is 55.3 Å². The number of rotatable bonds is 16. The summed E-state index contributed by atoms with van der Waals surface area (Å²) < 4.78 is 42.9. The molecule has 0 spiro atoms. The Balaban J connectivity index is 0.00000774. The number of nitrogens with one attached hydrogen (secondary N) is 4. The van der Waals surface area contributed by atoms with Crippen molar-refractivity contribution in [1.29, 1.82) is 0 Å². The maximum absolute atomic E-state index is 7.98. The Morgan fingerprint density at radius 1 is 0.471 bits per heavy atom. The molecule has 0 fully saturated rings. The summed E-state index contributed by atoms with van der Waals surface area (Å²) in [6.07, 6.45) is 2.89. The summed E-state index contributed by atoms with van der Waals surface area (Å²) in [5.74, 6) is 3.17. The molecule has 15 aromatic rings. The fourth-order valence-corrected chi connectivity index (χ4v) is 19.0. The van der Waals surface area contributed by atoms with Crippen LogP contribution in [-0.2, 0) is 18.6 Å². The van der Waals surface area contributed by atoms with Crippen molar-refractivity contribution >= 4 is 222 Å². The molecule has 18 rings (SSSR count). The number of aromatic nitrogens is 10. The molecule has 0 unspecified atom stereocenters. The predicted molar refractivity (Wildman–Crippen MR) is 414 cm³/mol. The van der Waals surface area contributed by atoms with Gasteiger partial charge in [0.15, 0.2) is 28.7 Å². The smallest absolute Gasteiger partial charge is 0.287 e. The van der Waals surface area contributed by atoms with Crippen LogP contribution < -0.4 is 39.1 Å². The van der Waals surface area contributed by atoms with E-state index < -0.39 is 0 Å². The molecule has 515 valence electrons. The van der Waals surface area contributed by atoms with Crippen LogP contribution in [0.5, 0.6) is 23.0 Å². The fourth-order valence-electron chi connectivity index (χ4n) is 13.4. The zero-order chi connectivity index (χ0) is 69.0. The van der Waals surface area contributed by atoms with Crippen LogP contribution in [0.25, 0.3) is 130 Å². The second-order valence-corrected chi connectivity index (χ2v) is 33.1. The van der Waals surface area contributed by atoms with Gasteiger partial charge in [-0.25, -0.2) is 4.98 Å². The first kappa shape index (κ1) is 67.4. The SMILES string of the molecule is CC(C)CCOc1c(Cl)c2c(c3c1-c1nc-3nc3c4c(OCCC(C)C)c(Cl)c5sc6ccccc6[nH]c5c4c4nc5c6c(OCCC(C)C)c(Cl)c7sc8ccccc8[nH]c7c6c(nc6[n-]c(n1)c1c7c(c(Cl)c(OCCC(C)C)c61)Sc1ccccc1N7)[n+]5on34)Nc1ccccc1S2.[V]. The normalized spacial score (nSPS) is 13.0. The summed E-state index contributed by atoms with van der Waals surface area (Å²) in [6.45, 7) is 18.7. The minimum absolute atomic E-state index is 0. The first-order chi connectivity index (χ1) is 49.0. The van der Waals surface area contributed by atoms with Gasteiger partial charge < -0.3 is 49.5 Å². The zero-order valence-corrected chi connectivity index (χ0v) is 64.1. The first-order valence-corrected chi connectivity index (χ1v) is 38.6. The van der Waals surface area contributed by atoms with Crippen LogP contribution >= 0.6 is 92.6 Å². The predicted octanol–water partition coefficient (Wildman–Crippen LogP) is 23.0. The van der Waals surface area contributed by atoms with E-state index in [1.807, 2.05) is 66.7 Å². The average molecular weight is 1550 g/mol. The summed E-state index contributed by atoms with van der Waals surface area (Å²) in [5.41, 5.74) is 8.78. The molecule has 26 heteroatoms. The van der Waals surface area contributed by atoms with E-state index >= 15 is 0 Å². The molecule has 10 heterocycles. The third-order valence-electron chi connectivity index (χ3n) is 18.6. The molecule has 6 bridgehead atoms. The molecular formula is C76H64Cl4N12O5S4V. The Morgan fingerprint density at radius 3 is 1.52 bits per heavy atom. The zero-order valence-electron chi connectivity index (χ0n) is 56.4. The van der Waals surface area contributed by atoms with E-state index in [0.717, 1.165) is 86.5 Å². The Kier molecular flexibility index (Phi) is 17.4. The van der Waals surface area contributed by atoms with E-state index in [0.29, 0.717) is 164 Å². The first-order valence-electron chi connectivity index (χ1n) is 33.9. The molecule has 0 amide bonds. The van der Waals surface area contributed by atoms with E-state index in [4.69, 9.17) is 99.9 Å². The van der Waals surface area contributed by atoms with Crippen molar-refractivity contribution in [1.82, 2.24) is 44.4 Å². The van der Waals surface area contributed by atoms with Crippen LogP contribution in [0.2, 0.25) is 20.1 Å². The second-order valence-electron chi connectivity index (χ2n) is 27.3. The molecule has 3 aliphatic rings. The topological polar surface area (TPSA) is 193 Å². The molecule has 0 aliphatic carbocycles. The average Bonchev–Trinajstić information content (AvgIpc) is 1.52. The molecule has 0 saturated heterocycles. The Labute approximate surface area is 632 Å². The molecule has 4 N–H and O–H groups in total. The molecule has 8 aromatic carbocycles. The summed E-state index contributed by atoms with van der Waals surface area (Å²) in [4.78, 5) is 45.9. The Bertz CT molecular complexity index is 6200. The number of aromatic amines is 2. The van der Waals surface area contributed by atoms with E-state index in [-0.39, 0.29) is 58.7 Å². The van der Waals surface area contributed by atoms with Crippen LogP contribution in [-0.4, -0.2) is 65.9 Å². The van der Waals surface area contributed by atoms with Gasteiger partial charge in [0.2, 0.25) is 5.65 Å². The molecule has 102 heavy (non-hydrogen) atoms. The van der Waals surface area contributed by atoms with Gasteiger partial charge in [-0.3, -0.25) is 0 Å². The summed E-state index contributed by atoms with van der Waals surface area (Å²) in [5, 5.41) is 12.5. The number of para-hydroxylation sites is 4. The van der Waals surface area contributed by atoms with Crippen LogP contribution in [0.3, 0.4) is 0 Å². The summed E-state index contributed by atoms with van der Waals surface area (Å²) in [7, 11) is 0. The van der Waals surface area contributed by atoms with Crippen LogP contribution in [0, 0.1) is 23.7 Å². The van der Waals surface area contributed by atoms with E-state index in [2.05, 4.69) is 106 Å². The molecule has 0 atom stereocenters. The number of hydrogen-bond donors (Lipinski definition) is 4. The van der Waals surface area contributed by atoms with Crippen molar-refractivity contribution in [3.8, 4) is 45.8 Å². The molecular weight excluding hydrogens is 1480 g/mol. The third-order valence-corrected chi connectivity index (χ3v) is 25.2. The standard InChI is InChI=1S/C76H63Cl4N12O5S4.V/c1-33(2)25-29-93-61-49-46(58-66(53(61)77)99-42-22-14-10-18-38(42)82-58)70-87-71(49)85-69-45-50(62(94-30-26-34(3)4)54(78)65-57(45)81-37-17-9-13-21-41(37)98-65)72(86-69)89-73-47-52(64(96-32-28-36(7)8)56(80)67-59(47)83-39-19-11-15-23-43(39)100-67)76-90-74-48-51(75(88-70)92(74)97-91(73)76)63(95-31-27-35(5)6)55(79)68-60(48)84-40-20-12-16-24-44(40)101-68;/h9-24,33-36H,25-32H2,1-8H3,(H3-,81,82,83,84,85,86,87,88,89,90);/q-1;/p+1. The number of H-pyrrole nitrogens is 2. The number of ether oxygens (including phenoxy) is 4. The van der Waals surface area contributed by atoms with Gasteiger partial charge >= 0.3 is 0 Å². The minimum Gasteiger partial charge on any atom is -0.491 e. The number of fused-ring (bicyclic) bond motifs is 28. The van der Waals surface area contributed by atoms with Crippen LogP contribution in [0.4, 0.5) is 22.7 Å². The molecule has 17 nitrogen and oxygen atoms in total. The Hall–Kier alpha value is -7.80. The second kappa shape index (κ2) is 26.4. The molecule has 7 aromatic heterocycles. The Morgan fingerprint density at radius 2 is 0.931 bits per heavy atom. The van der Waals surface area contributed by atoms with Crippen molar-refractivity contribution in [2.75, 3.05) is 37.1 Å². The van der Waals surface area contributed by atoms with Gasteiger partial charge in [-0.2, -0.15) is 9.61 Å². The number of halogens is 4. The summed E-state index contributed by atoms with van der Waals surface area (Å²) >= 11 is 38.0. The monoisotopic (exact) mass is 1540 g/mol. The van der Waals surface area contributed by atoms with Gasteiger partial charge in [0.25, 0.3) is 16.9 Å². The maximum Gasteiger partial charge on any atom is 0.287 e. The van der Waals surface area contributed by atoms with Gasteiger partial charge in [-0.1, -0.05) is 179 Å². The van der Waals surface area contributed by atoms with Gasteiger partial charge in [0.05, 0.1) is 148 Å². The van der Waals surface area contributed by atoms with Gasteiger partial charge in [0, 0.05) is 39.4 Å². The van der Waals surface area contributed by atoms with Gasteiger partial charge in [0.1, 0.15) is 21.2 Å². The van der Waals surface area contributed by atoms with E-state index in [9.17, 15) is 0 Å². The quantitative estimate of drug-likeness (QED) is 0.0527. The van der Waals surface area contributed by atoms with Gasteiger partial charge in [-0.05, 0) is 107 Å². The number of anilines is 4. The molecule has 3 aliphatic heterocycles. The van der Waals surface area contributed by atoms with Crippen LogP contribution in [0.1, 0.15) is 81.1 Å². The summed E-state index contributed by atoms with van der Waals surface area (Å²) in [6, 6.07) is 32.6. The number of benzene rings is 8. The number of hydrogen-bond acceptors (Lipinski definition) is 16. The van der Waals surface area contributed by atoms with Crippen molar-refractivity contribution < 1.29 is 46.7 Å². The van der Waals surface area contributed by atoms with Crippen molar-refractivity contribution in [2.24, 2.45) is 23.7 Å².